The molecule has 10 heteroatoms. The molecule has 2 rings (SSSR count). The molecule has 1 saturated heterocycles. The summed E-state index contributed by atoms with van der Waals surface area (Å²) in [5, 5.41) is 9.69. The number of aromatic nitrogens is 2. The fourth-order valence-corrected chi connectivity index (χ4v) is 3.61. The highest BCUT2D eigenvalue weighted by Gasteiger charge is 2.36. The first kappa shape index (κ1) is 23.0. The average molecular weight is 416 g/mol. The van der Waals surface area contributed by atoms with Crippen LogP contribution in [0.1, 0.15) is 50.8 Å². The number of carbonyl (C=O) groups excluding carboxylic acids is 1. The molecular weight excluding hydrogens is 385 g/mol. The van der Waals surface area contributed by atoms with E-state index < -0.39 is 11.9 Å². The zero-order valence-electron chi connectivity index (χ0n) is 17.5. The maximum Gasteiger partial charge on any atom is 0.435 e. The molecule has 164 valence electrons. The van der Waals surface area contributed by atoms with Gasteiger partial charge in [0, 0.05) is 57.4 Å². The molecule has 0 saturated carbocycles. The number of halogens is 3. The molecule has 7 nitrogen and oxygen atoms in total. The fourth-order valence-electron chi connectivity index (χ4n) is 3.61. The topological polar surface area (TPSA) is 74.6 Å². The number of guanidine groups is 1. The number of alkyl halides is 3. The molecule has 0 bridgehead atoms. The Morgan fingerprint density at radius 1 is 1.31 bits per heavy atom. The standard InChI is InChI=1S/C19H31F3N6O/c1-5-13(6-2)17(29)28-9-7-15(8-10-28)25-18(23-3)24-11-14-12-27(4)26-16(14)19(20,21)22/h12-13,15H,5-11H2,1-4H3,(H2,23,24,25). The molecule has 0 aliphatic carbocycles. The molecule has 2 heterocycles. The lowest BCUT2D eigenvalue weighted by atomic mass is 9.98. The van der Waals surface area contributed by atoms with Crippen LogP contribution in [0.4, 0.5) is 13.2 Å². The van der Waals surface area contributed by atoms with Crippen LogP contribution in [-0.4, -0.2) is 52.7 Å². The molecule has 1 aliphatic rings. The van der Waals surface area contributed by atoms with Gasteiger partial charge >= 0.3 is 6.18 Å². The van der Waals surface area contributed by atoms with E-state index in [4.69, 9.17) is 0 Å². The van der Waals surface area contributed by atoms with Crippen LogP contribution < -0.4 is 10.6 Å². The van der Waals surface area contributed by atoms with Gasteiger partial charge in [-0.25, -0.2) is 0 Å². The van der Waals surface area contributed by atoms with Crippen LogP contribution in [0.5, 0.6) is 0 Å². The van der Waals surface area contributed by atoms with E-state index in [9.17, 15) is 18.0 Å². The van der Waals surface area contributed by atoms with Gasteiger partial charge in [0.2, 0.25) is 5.91 Å². The lowest BCUT2D eigenvalue weighted by Gasteiger charge is -2.34. The van der Waals surface area contributed by atoms with Gasteiger partial charge in [-0.2, -0.15) is 18.3 Å². The molecule has 0 atom stereocenters. The van der Waals surface area contributed by atoms with E-state index in [0.29, 0.717) is 19.0 Å². The van der Waals surface area contributed by atoms with Crippen molar-refractivity contribution in [3.63, 3.8) is 0 Å². The smallest absolute Gasteiger partial charge is 0.354 e. The minimum Gasteiger partial charge on any atom is -0.354 e. The SMILES string of the molecule is CCC(CC)C(=O)N1CCC(NC(=NC)NCc2cn(C)nc2C(F)(F)F)CC1. The third-order valence-electron chi connectivity index (χ3n) is 5.33. The third-order valence-corrected chi connectivity index (χ3v) is 5.33. The summed E-state index contributed by atoms with van der Waals surface area (Å²) >= 11 is 0. The van der Waals surface area contributed by atoms with E-state index in [0.717, 1.165) is 30.4 Å². The second-order valence-corrected chi connectivity index (χ2v) is 7.36. The van der Waals surface area contributed by atoms with Crippen LogP contribution >= 0.6 is 0 Å². The minimum atomic E-state index is -4.50. The van der Waals surface area contributed by atoms with Crippen molar-refractivity contribution < 1.29 is 18.0 Å². The Balaban J connectivity index is 1.87. The predicted molar refractivity (Wildman–Crippen MR) is 105 cm³/mol. The number of carbonyl (C=O) groups is 1. The highest BCUT2D eigenvalue weighted by atomic mass is 19.4. The van der Waals surface area contributed by atoms with E-state index in [1.807, 2.05) is 18.7 Å². The molecule has 0 aromatic carbocycles. The monoisotopic (exact) mass is 416 g/mol. The van der Waals surface area contributed by atoms with Gasteiger partial charge in [-0.1, -0.05) is 13.8 Å². The van der Waals surface area contributed by atoms with Crippen molar-refractivity contribution in [2.45, 2.75) is 58.3 Å². The molecule has 1 fully saturated rings. The fraction of sp³-hybridized carbons (Fsp3) is 0.737. The molecule has 1 amide bonds. The summed E-state index contributed by atoms with van der Waals surface area (Å²) in [4.78, 5) is 18.5. The first-order chi connectivity index (χ1) is 13.7. The molecule has 0 spiro atoms. The first-order valence-electron chi connectivity index (χ1n) is 10.0. The van der Waals surface area contributed by atoms with E-state index >= 15 is 0 Å². The lowest BCUT2D eigenvalue weighted by Crippen LogP contribution is -2.50. The summed E-state index contributed by atoms with van der Waals surface area (Å²) in [6.45, 7) is 5.37. The second-order valence-electron chi connectivity index (χ2n) is 7.36. The molecule has 1 aliphatic heterocycles. The van der Waals surface area contributed by atoms with Crippen molar-refractivity contribution in [2.24, 2.45) is 18.0 Å². The van der Waals surface area contributed by atoms with Crippen molar-refractivity contribution in [3.05, 3.63) is 17.5 Å². The van der Waals surface area contributed by atoms with E-state index in [2.05, 4.69) is 20.7 Å². The largest absolute Gasteiger partial charge is 0.435 e. The molecule has 0 radical (unpaired) electrons. The number of aliphatic imine (C=N–C) groups is 1. The molecule has 29 heavy (non-hydrogen) atoms. The maximum atomic E-state index is 13.1. The lowest BCUT2D eigenvalue weighted by molar-refractivity contribution is -0.142. The highest BCUT2D eigenvalue weighted by Crippen LogP contribution is 2.30. The average Bonchev–Trinajstić information content (AvgIpc) is 3.07. The molecule has 2 N–H and O–H groups in total. The summed E-state index contributed by atoms with van der Waals surface area (Å²) in [6, 6.07) is 0.114. The maximum absolute atomic E-state index is 13.1. The Labute approximate surface area is 169 Å². The van der Waals surface area contributed by atoms with Gasteiger partial charge in [-0.05, 0) is 25.7 Å². The van der Waals surface area contributed by atoms with Gasteiger partial charge in [0.1, 0.15) is 0 Å². The van der Waals surface area contributed by atoms with Crippen molar-refractivity contribution >= 4 is 11.9 Å². The van der Waals surface area contributed by atoms with Gasteiger partial charge in [0.25, 0.3) is 0 Å². The Hall–Kier alpha value is -2.26. The number of aryl methyl sites for hydroxylation is 1. The van der Waals surface area contributed by atoms with Gasteiger partial charge in [0.15, 0.2) is 11.7 Å². The molecule has 1 aromatic rings. The Kier molecular flexibility index (Phi) is 7.92. The summed E-state index contributed by atoms with van der Waals surface area (Å²) in [7, 11) is 3.04. The second kappa shape index (κ2) is 9.98. The van der Waals surface area contributed by atoms with Gasteiger partial charge in [-0.15, -0.1) is 0 Å². The van der Waals surface area contributed by atoms with Crippen molar-refractivity contribution in [1.29, 1.82) is 0 Å². The third kappa shape index (κ3) is 6.11. The van der Waals surface area contributed by atoms with Crippen LogP contribution in [0.15, 0.2) is 11.2 Å². The summed E-state index contributed by atoms with van der Waals surface area (Å²) in [5.74, 6) is 0.732. The number of hydrogen-bond donors (Lipinski definition) is 2. The number of rotatable bonds is 6. The van der Waals surface area contributed by atoms with Gasteiger partial charge in [0.05, 0.1) is 0 Å². The van der Waals surface area contributed by atoms with Crippen LogP contribution in [-0.2, 0) is 24.6 Å². The van der Waals surface area contributed by atoms with Crippen molar-refractivity contribution in [3.8, 4) is 0 Å². The predicted octanol–water partition coefficient (Wildman–Crippen LogP) is 2.53. The van der Waals surface area contributed by atoms with E-state index in [1.165, 1.54) is 13.2 Å². The summed E-state index contributed by atoms with van der Waals surface area (Å²) in [6.07, 6.45) is 0.0890. The van der Waals surface area contributed by atoms with E-state index in [-0.39, 0.29) is 30.0 Å². The Bertz CT molecular complexity index is 703. The number of piperidine rings is 1. The number of nitrogens with one attached hydrogen (secondary N) is 2. The Morgan fingerprint density at radius 2 is 1.93 bits per heavy atom. The van der Waals surface area contributed by atoms with Crippen LogP contribution in [0.25, 0.3) is 0 Å². The van der Waals surface area contributed by atoms with Crippen molar-refractivity contribution in [2.75, 3.05) is 20.1 Å². The Morgan fingerprint density at radius 3 is 2.45 bits per heavy atom. The quantitative estimate of drug-likeness (QED) is 0.552. The zero-order valence-corrected chi connectivity index (χ0v) is 17.5. The van der Waals surface area contributed by atoms with Crippen LogP contribution in [0, 0.1) is 5.92 Å². The van der Waals surface area contributed by atoms with Crippen molar-refractivity contribution in [1.82, 2.24) is 25.3 Å². The summed E-state index contributed by atoms with van der Waals surface area (Å²) in [5.41, 5.74) is -0.829. The van der Waals surface area contributed by atoms with E-state index in [1.54, 1.807) is 7.05 Å². The number of likely N-dealkylation sites (tertiary alicyclic amines) is 1. The minimum absolute atomic E-state index is 0.0334. The molecular formula is C19H31F3N6O. The highest BCUT2D eigenvalue weighted by molar-refractivity contribution is 5.80. The number of nitrogens with zero attached hydrogens (tertiary/aromatic N) is 4. The summed E-state index contributed by atoms with van der Waals surface area (Å²) < 4.78 is 40.4. The van der Waals surface area contributed by atoms with Gasteiger partial charge < -0.3 is 15.5 Å². The molecule has 0 unspecified atom stereocenters. The normalized spacial score (nSPS) is 16.4. The number of hydrogen-bond acceptors (Lipinski definition) is 3. The molecule has 1 aromatic heterocycles. The van der Waals surface area contributed by atoms with Gasteiger partial charge in [-0.3, -0.25) is 14.5 Å². The first-order valence-corrected chi connectivity index (χ1v) is 10.0. The zero-order chi connectivity index (χ0) is 21.6. The van der Waals surface area contributed by atoms with Crippen LogP contribution in [0.2, 0.25) is 0 Å². The number of amides is 1. The van der Waals surface area contributed by atoms with Crippen LogP contribution in [0.3, 0.4) is 0 Å².